The predicted octanol–water partition coefficient (Wildman–Crippen LogP) is 3.92. The van der Waals surface area contributed by atoms with Gasteiger partial charge in [-0.3, -0.25) is 14.6 Å². The molecule has 2 fully saturated rings. The minimum Gasteiger partial charge on any atom is -0.497 e. The van der Waals surface area contributed by atoms with Crippen LogP contribution in [-0.4, -0.2) is 70.5 Å². The summed E-state index contributed by atoms with van der Waals surface area (Å²) in [6, 6.07) is 10.4. The monoisotopic (exact) mass is 566 g/mol. The van der Waals surface area contributed by atoms with Crippen LogP contribution in [0.4, 0.5) is 5.82 Å². The molecule has 212 valence electrons. The first-order chi connectivity index (χ1) is 21.6. The van der Waals surface area contributed by atoms with E-state index in [-0.39, 0.29) is 47.1 Å². The number of carbonyl (C=O) groups is 2. The van der Waals surface area contributed by atoms with Gasteiger partial charge in [0.05, 0.1) is 34.3 Å². The first-order valence-electron chi connectivity index (χ1n) is 15.2. The highest BCUT2D eigenvalue weighted by atomic mass is 16.5. The van der Waals surface area contributed by atoms with Crippen LogP contribution < -0.4 is 10.5 Å². The van der Waals surface area contributed by atoms with Gasteiger partial charge in [-0.2, -0.15) is 9.61 Å². The predicted molar refractivity (Wildman–Crippen MR) is 154 cm³/mol. The Balaban J connectivity index is 1.20. The van der Waals surface area contributed by atoms with Gasteiger partial charge in [0.15, 0.2) is 11.4 Å². The minimum atomic E-state index is -2.52. The smallest absolute Gasteiger partial charge is 0.292 e. The second-order valence-electron chi connectivity index (χ2n) is 10.8. The molecule has 1 amide bonds. The van der Waals surface area contributed by atoms with Crippen molar-refractivity contribution < 1.29 is 18.4 Å². The molecule has 12 heteroatoms. The highest BCUT2D eigenvalue weighted by Crippen LogP contribution is 2.45. The van der Waals surface area contributed by atoms with Crippen molar-refractivity contribution in [1.82, 2.24) is 39.7 Å². The number of pyridine rings is 1. The fraction of sp³-hybridized carbons (Fsp3) is 0.300. The Morgan fingerprint density at radius 1 is 1.07 bits per heavy atom. The number of nitrogens with zero attached hydrogens (tertiary/aromatic N) is 7. The second-order valence-corrected chi connectivity index (χ2v) is 10.8. The van der Waals surface area contributed by atoms with E-state index >= 15 is 0 Å². The number of piperidine rings is 1. The van der Waals surface area contributed by atoms with Gasteiger partial charge in [-0.15, -0.1) is 10.2 Å². The van der Waals surface area contributed by atoms with Crippen molar-refractivity contribution in [3.8, 4) is 28.1 Å². The number of nitrogen functional groups attached to an aromatic ring is 1. The molecule has 2 saturated heterocycles. The van der Waals surface area contributed by atoms with E-state index in [4.69, 9.17) is 19.6 Å². The number of ketones is 1. The van der Waals surface area contributed by atoms with E-state index in [1.807, 2.05) is 17.0 Å². The molecule has 6 heterocycles. The molecule has 2 bridgehead atoms. The zero-order valence-corrected chi connectivity index (χ0v) is 22.7. The van der Waals surface area contributed by atoms with Crippen LogP contribution in [-0.2, 0) is 0 Å². The molecule has 2 aliphatic heterocycles. The Morgan fingerprint density at radius 2 is 1.83 bits per heavy atom. The van der Waals surface area contributed by atoms with Crippen LogP contribution in [0, 0.1) is 0 Å². The van der Waals surface area contributed by atoms with Gasteiger partial charge in [-0.25, -0.2) is 4.98 Å². The Hall–Kier alpha value is -5.13. The number of Topliss-reactive ketones (excluding diaryl/α,β-unsaturated/α-hetero) is 1. The molecule has 4 aromatic heterocycles. The number of carbonyl (C=O) groups excluding carboxylic acids is 2. The summed E-state index contributed by atoms with van der Waals surface area (Å²) in [6.45, 7) is 1.48. The molecule has 0 unspecified atom stereocenters. The van der Waals surface area contributed by atoms with Crippen LogP contribution in [0.3, 0.4) is 0 Å². The summed E-state index contributed by atoms with van der Waals surface area (Å²) in [6.07, 6.45) is 7.78. The molecular weight excluding hydrogens is 534 g/mol. The van der Waals surface area contributed by atoms with Gasteiger partial charge in [0.25, 0.3) is 5.91 Å². The molecule has 2 aliphatic rings. The minimum absolute atomic E-state index is 0.0133. The lowest BCUT2D eigenvalue weighted by Crippen LogP contribution is -2.46. The fourth-order valence-corrected chi connectivity index (χ4v) is 6.47. The van der Waals surface area contributed by atoms with Crippen molar-refractivity contribution in [1.29, 1.82) is 0 Å². The molecule has 0 radical (unpaired) electrons. The quantitative estimate of drug-likeness (QED) is 0.291. The maximum absolute atomic E-state index is 13.2. The van der Waals surface area contributed by atoms with Gasteiger partial charge in [-0.1, -0.05) is 6.07 Å². The normalized spacial score (nSPS) is 21.1. The zero-order valence-electron chi connectivity index (χ0n) is 25.7. The molecule has 1 aromatic carbocycles. The van der Waals surface area contributed by atoms with Crippen LogP contribution in [0.15, 0.2) is 55.1 Å². The molecule has 0 spiro atoms. The number of methoxy groups -OCH3 is 1. The van der Waals surface area contributed by atoms with E-state index in [0.717, 1.165) is 24.0 Å². The van der Waals surface area contributed by atoms with E-state index in [2.05, 4.69) is 25.3 Å². The third kappa shape index (κ3) is 4.18. The Kier molecular flexibility index (Phi) is 5.40. The average Bonchev–Trinajstić information content (AvgIpc) is 3.75. The van der Waals surface area contributed by atoms with Crippen LogP contribution in [0.5, 0.6) is 5.75 Å². The number of nitrogens with one attached hydrogen (secondary N) is 1. The molecule has 3 atom stereocenters. The number of fused-ring (bicyclic) bond motifs is 3. The largest absolute Gasteiger partial charge is 0.497 e. The average molecular weight is 567 g/mol. The third-order valence-electron chi connectivity index (χ3n) is 8.38. The molecule has 0 aliphatic carbocycles. The Morgan fingerprint density at radius 3 is 2.48 bits per heavy atom. The lowest BCUT2D eigenvalue weighted by Gasteiger charge is -2.38. The van der Waals surface area contributed by atoms with Crippen molar-refractivity contribution in [2.45, 2.75) is 50.6 Å². The van der Waals surface area contributed by atoms with E-state index in [9.17, 15) is 9.59 Å². The van der Waals surface area contributed by atoms with Crippen LogP contribution in [0.25, 0.3) is 28.0 Å². The number of rotatable bonds is 6. The molecule has 7 rings (SSSR count). The first-order valence-corrected chi connectivity index (χ1v) is 13.7. The number of hydrogen-bond acceptors (Lipinski definition) is 9. The van der Waals surface area contributed by atoms with Crippen LogP contribution in [0.1, 0.15) is 69.3 Å². The number of nitrogens with two attached hydrogens (primary N) is 1. The SMILES string of the molecule is [2H]C([2H])([2H])Oc1ccc(-c2ccc(-c3cnn4c(N)c(C(C)=O)c([C@@H]5C[C@H]6CC[C@@H](C5)N6C(=O)c5nnc[nH]5)nc34)cn2)cc1. The van der Waals surface area contributed by atoms with Crippen molar-refractivity contribution >= 4 is 23.2 Å². The number of anilines is 1. The van der Waals surface area contributed by atoms with Gasteiger partial charge in [-0.05, 0) is 62.9 Å². The van der Waals surface area contributed by atoms with Crippen LogP contribution in [0.2, 0.25) is 0 Å². The summed E-state index contributed by atoms with van der Waals surface area (Å²) in [4.78, 5) is 40.5. The van der Waals surface area contributed by atoms with Gasteiger partial charge < -0.3 is 20.4 Å². The summed E-state index contributed by atoms with van der Waals surface area (Å²) in [5.41, 5.74) is 11.0. The van der Waals surface area contributed by atoms with Crippen molar-refractivity contribution in [2.24, 2.45) is 0 Å². The maximum Gasteiger partial charge on any atom is 0.292 e. The van der Waals surface area contributed by atoms with Crippen molar-refractivity contribution in [3.63, 3.8) is 0 Å². The number of amides is 1. The first kappa shape index (κ1) is 22.5. The molecule has 3 N–H and O–H groups in total. The molecule has 12 nitrogen and oxygen atoms in total. The van der Waals surface area contributed by atoms with Gasteiger partial charge in [0.1, 0.15) is 17.9 Å². The summed E-state index contributed by atoms with van der Waals surface area (Å²) in [7, 11) is -2.52. The van der Waals surface area contributed by atoms with Crippen molar-refractivity contribution in [2.75, 3.05) is 12.8 Å². The third-order valence-corrected chi connectivity index (χ3v) is 8.38. The highest BCUT2D eigenvalue weighted by molar-refractivity contribution is 6.00. The topological polar surface area (TPSA) is 157 Å². The highest BCUT2D eigenvalue weighted by Gasteiger charge is 2.45. The van der Waals surface area contributed by atoms with Crippen LogP contribution >= 0.6 is 0 Å². The molecule has 5 aromatic rings. The number of hydrogen-bond donors (Lipinski definition) is 2. The molecule has 42 heavy (non-hydrogen) atoms. The van der Waals surface area contributed by atoms with Crippen molar-refractivity contribution in [3.05, 3.63) is 72.2 Å². The molecular formula is C30H29N9O3. The Bertz CT molecular complexity index is 1890. The lowest BCUT2D eigenvalue weighted by atomic mass is 9.85. The van der Waals surface area contributed by atoms with E-state index in [1.54, 1.807) is 36.7 Å². The number of H-pyrrole nitrogens is 1. The number of aromatic amines is 1. The molecule has 0 saturated carbocycles. The number of ether oxygens (including phenoxy) is 1. The van der Waals surface area contributed by atoms with Gasteiger partial charge in [0.2, 0.25) is 5.82 Å². The lowest BCUT2D eigenvalue weighted by molar-refractivity contribution is 0.0556. The summed E-state index contributed by atoms with van der Waals surface area (Å²) in [5.74, 6) is 0.260. The standard InChI is InChI=1S/C30H29N9O3/c1-16(40)25-26(19-11-20-6-7-21(12-19)38(20)30(41)28-33-15-34-37-28)36-29-23(14-35-39(29)27(25)31)18-5-10-24(32-13-18)17-3-8-22(42-2)9-4-17/h3-5,8-10,13-15,19-21H,6-7,11-12,31H2,1-2H3,(H,33,34,37)/t19-,20-,21+/i2D3. The fourth-order valence-electron chi connectivity index (χ4n) is 6.47. The summed E-state index contributed by atoms with van der Waals surface area (Å²) in [5, 5.41) is 12.1. The number of benzene rings is 1. The maximum atomic E-state index is 13.2. The zero-order chi connectivity index (χ0) is 31.5. The van der Waals surface area contributed by atoms with Gasteiger partial charge >= 0.3 is 0 Å². The summed E-state index contributed by atoms with van der Waals surface area (Å²) < 4.78 is 28.2. The second kappa shape index (κ2) is 10.1. The van der Waals surface area contributed by atoms with Gasteiger partial charge in [0, 0.05) is 40.9 Å². The number of aromatic nitrogens is 7. The van der Waals surface area contributed by atoms with E-state index in [1.165, 1.54) is 17.8 Å². The van der Waals surface area contributed by atoms with E-state index in [0.29, 0.717) is 41.0 Å². The van der Waals surface area contributed by atoms with E-state index < -0.39 is 7.04 Å². The summed E-state index contributed by atoms with van der Waals surface area (Å²) >= 11 is 0. The Labute approximate surface area is 245 Å².